The van der Waals surface area contributed by atoms with Crippen molar-refractivity contribution in [2.75, 3.05) is 0 Å². The maximum Gasteiger partial charge on any atom is 0.337 e. The van der Waals surface area contributed by atoms with E-state index in [1.54, 1.807) is 6.07 Å². The minimum Gasteiger partial charge on any atom is -0.478 e. The van der Waals surface area contributed by atoms with Gasteiger partial charge in [0.15, 0.2) is 4.34 Å². The Labute approximate surface area is 116 Å². The summed E-state index contributed by atoms with van der Waals surface area (Å²) in [6.07, 6.45) is 2.87. The molecular formula is C12H7N3O2S2. The highest BCUT2D eigenvalue weighted by molar-refractivity contribution is 8.01. The molecule has 0 aliphatic carbocycles. The zero-order valence-corrected chi connectivity index (χ0v) is 11.1. The molecule has 0 unspecified atom stereocenters. The summed E-state index contributed by atoms with van der Waals surface area (Å²) >= 11 is 2.67. The van der Waals surface area contributed by atoms with Crippen molar-refractivity contribution in [3.05, 3.63) is 42.4 Å². The van der Waals surface area contributed by atoms with Gasteiger partial charge in [0.2, 0.25) is 0 Å². The SMILES string of the molecule is O=C(O)c1cnc(Sc2ncns2)c2ccccc12. The minimum atomic E-state index is -0.976. The van der Waals surface area contributed by atoms with Gasteiger partial charge >= 0.3 is 5.97 Å². The van der Waals surface area contributed by atoms with Crippen molar-refractivity contribution in [2.24, 2.45) is 0 Å². The number of hydrogen-bond acceptors (Lipinski definition) is 6. The quantitative estimate of drug-likeness (QED) is 0.799. The van der Waals surface area contributed by atoms with Crippen LogP contribution in [-0.2, 0) is 0 Å². The number of benzene rings is 1. The first-order valence-corrected chi connectivity index (χ1v) is 6.90. The van der Waals surface area contributed by atoms with E-state index in [1.807, 2.05) is 18.2 Å². The molecule has 3 rings (SSSR count). The van der Waals surface area contributed by atoms with E-state index < -0.39 is 5.97 Å². The number of hydrogen-bond donors (Lipinski definition) is 1. The van der Waals surface area contributed by atoms with Crippen molar-refractivity contribution in [2.45, 2.75) is 9.37 Å². The highest BCUT2D eigenvalue weighted by Crippen LogP contribution is 2.33. The molecule has 0 spiro atoms. The Morgan fingerprint density at radius 2 is 2.00 bits per heavy atom. The van der Waals surface area contributed by atoms with Crippen LogP contribution in [0.5, 0.6) is 0 Å². The van der Waals surface area contributed by atoms with Crippen LogP contribution in [0.15, 0.2) is 46.2 Å². The molecule has 5 nitrogen and oxygen atoms in total. The van der Waals surface area contributed by atoms with Crippen molar-refractivity contribution in [3.8, 4) is 0 Å². The average molecular weight is 289 g/mol. The molecule has 0 atom stereocenters. The number of carboxylic acids is 1. The normalized spacial score (nSPS) is 10.7. The molecule has 0 amide bonds. The lowest BCUT2D eigenvalue weighted by Crippen LogP contribution is -1.99. The number of fused-ring (bicyclic) bond motifs is 1. The third-order valence-electron chi connectivity index (χ3n) is 2.51. The van der Waals surface area contributed by atoms with E-state index in [0.717, 1.165) is 14.8 Å². The number of nitrogens with zero attached hydrogens (tertiary/aromatic N) is 3. The van der Waals surface area contributed by atoms with Crippen LogP contribution < -0.4 is 0 Å². The molecule has 7 heteroatoms. The number of rotatable bonds is 3. The standard InChI is InChI=1S/C12H7N3O2S2/c16-11(17)9-5-13-10(18-12-14-6-15-19-12)8-4-2-1-3-7(8)9/h1-6H,(H,16,17). The van der Waals surface area contributed by atoms with Crippen molar-refractivity contribution in [3.63, 3.8) is 0 Å². The first-order valence-electron chi connectivity index (χ1n) is 5.31. The lowest BCUT2D eigenvalue weighted by atomic mass is 10.1. The zero-order valence-electron chi connectivity index (χ0n) is 9.48. The second-order valence-electron chi connectivity index (χ2n) is 3.64. The van der Waals surface area contributed by atoms with Crippen molar-refractivity contribution in [1.82, 2.24) is 14.3 Å². The Hall–Kier alpha value is -1.99. The number of aromatic nitrogens is 3. The summed E-state index contributed by atoms with van der Waals surface area (Å²) in [4.78, 5) is 19.5. The summed E-state index contributed by atoms with van der Waals surface area (Å²) in [5, 5.41) is 11.4. The number of carbonyl (C=O) groups is 1. The van der Waals surface area contributed by atoms with Crippen LogP contribution in [0.4, 0.5) is 0 Å². The number of aromatic carboxylic acids is 1. The summed E-state index contributed by atoms with van der Waals surface area (Å²) in [5.41, 5.74) is 0.206. The predicted octanol–water partition coefficient (Wildman–Crippen LogP) is 2.94. The summed E-state index contributed by atoms with van der Waals surface area (Å²) in [7, 11) is 0. The topological polar surface area (TPSA) is 76.0 Å². The lowest BCUT2D eigenvalue weighted by Gasteiger charge is -2.06. The minimum absolute atomic E-state index is 0.206. The molecule has 2 heterocycles. The molecule has 0 radical (unpaired) electrons. The smallest absolute Gasteiger partial charge is 0.337 e. The number of pyridine rings is 1. The molecule has 19 heavy (non-hydrogen) atoms. The van der Waals surface area contributed by atoms with E-state index in [9.17, 15) is 4.79 Å². The second-order valence-corrected chi connectivity index (χ2v) is 5.65. The first kappa shape index (κ1) is 12.1. The van der Waals surface area contributed by atoms with E-state index >= 15 is 0 Å². The van der Waals surface area contributed by atoms with Crippen LogP contribution in [0.1, 0.15) is 10.4 Å². The van der Waals surface area contributed by atoms with Gasteiger partial charge in [-0.05, 0) is 23.3 Å². The molecule has 3 aromatic rings. The summed E-state index contributed by atoms with van der Waals surface area (Å²) in [6.45, 7) is 0. The van der Waals surface area contributed by atoms with Crippen LogP contribution in [-0.4, -0.2) is 25.4 Å². The molecule has 2 aromatic heterocycles. The summed E-state index contributed by atoms with van der Waals surface area (Å²) in [6, 6.07) is 7.32. The monoisotopic (exact) mass is 289 g/mol. The Kier molecular flexibility index (Phi) is 3.14. The fourth-order valence-electron chi connectivity index (χ4n) is 1.71. The van der Waals surface area contributed by atoms with Crippen molar-refractivity contribution >= 4 is 40.0 Å². The Balaban J connectivity index is 2.16. The van der Waals surface area contributed by atoms with E-state index in [0.29, 0.717) is 5.39 Å². The first-order chi connectivity index (χ1) is 9.25. The van der Waals surface area contributed by atoms with E-state index in [2.05, 4.69) is 14.3 Å². The maximum absolute atomic E-state index is 11.2. The fraction of sp³-hybridized carbons (Fsp3) is 0. The van der Waals surface area contributed by atoms with Gasteiger partial charge in [0, 0.05) is 17.0 Å². The molecule has 0 aliphatic heterocycles. The van der Waals surface area contributed by atoms with E-state index in [1.165, 1.54) is 35.8 Å². The molecule has 1 aromatic carbocycles. The van der Waals surface area contributed by atoms with Crippen LogP contribution in [0.25, 0.3) is 10.8 Å². The Bertz CT molecular complexity index is 744. The second kappa shape index (κ2) is 4.94. The molecule has 0 aliphatic rings. The third kappa shape index (κ3) is 2.29. The third-order valence-corrected chi connectivity index (χ3v) is 4.25. The van der Waals surface area contributed by atoms with Crippen molar-refractivity contribution < 1.29 is 9.90 Å². The van der Waals surface area contributed by atoms with Gasteiger partial charge in [0.1, 0.15) is 11.4 Å². The number of carboxylic acid groups (broad SMARTS) is 1. The average Bonchev–Trinajstić information content (AvgIpc) is 2.91. The van der Waals surface area contributed by atoms with Crippen LogP contribution >= 0.6 is 23.3 Å². The van der Waals surface area contributed by atoms with Crippen LogP contribution in [0, 0.1) is 0 Å². The summed E-state index contributed by atoms with van der Waals surface area (Å²) < 4.78 is 4.71. The summed E-state index contributed by atoms with van der Waals surface area (Å²) in [5.74, 6) is -0.976. The molecule has 0 bridgehead atoms. The highest BCUT2D eigenvalue weighted by atomic mass is 32.2. The van der Waals surface area contributed by atoms with Gasteiger partial charge in [-0.1, -0.05) is 24.3 Å². The molecular weight excluding hydrogens is 282 g/mol. The molecule has 0 fully saturated rings. The van der Waals surface area contributed by atoms with Gasteiger partial charge in [-0.2, -0.15) is 4.37 Å². The van der Waals surface area contributed by atoms with Crippen LogP contribution in [0.3, 0.4) is 0 Å². The van der Waals surface area contributed by atoms with E-state index in [-0.39, 0.29) is 5.56 Å². The predicted molar refractivity (Wildman–Crippen MR) is 72.7 cm³/mol. The van der Waals surface area contributed by atoms with Gasteiger partial charge in [0.25, 0.3) is 0 Å². The molecule has 0 saturated carbocycles. The molecule has 1 N–H and O–H groups in total. The molecule has 94 valence electrons. The van der Waals surface area contributed by atoms with E-state index in [4.69, 9.17) is 5.11 Å². The van der Waals surface area contributed by atoms with Gasteiger partial charge in [-0.25, -0.2) is 14.8 Å². The fourth-order valence-corrected chi connectivity index (χ4v) is 3.16. The van der Waals surface area contributed by atoms with Crippen LogP contribution in [0.2, 0.25) is 0 Å². The maximum atomic E-state index is 11.2. The van der Waals surface area contributed by atoms with Crippen molar-refractivity contribution in [1.29, 1.82) is 0 Å². The Morgan fingerprint density at radius 3 is 2.68 bits per heavy atom. The zero-order chi connectivity index (χ0) is 13.2. The molecule has 0 saturated heterocycles. The highest BCUT2D eigenvalue weighted by Gasteiger charge is 2.13. The lowest BCUT2D eigenvalue weighted by molar-refractivity contribution is 0.0698. The Morgan fingerprint density at radius 1 is 1.21 bits per heavy atom. The largest absolute Gasteiger partial charge is 0.478 e. The van der Waals surface area contributed by atoms with Gasteiger partial charge in [-0.3, -0.25) is 0 Å². The van der Waals surface area contributed by atoms with Gasteiger partial charge < -0.3 is 5.11 Å². The van der Waals surface area contributed by atoms with Gasteiger partial charge in [0.05, 0.1) is 5.56 Å². The van der Waals surface area contributed by atoms with Gasteiger partial charge in [-0.15, -0.1) is 0 Å².